The Morgan fingerprint density at radius 1 is 0.850 bits per heavy atom. The minimum Gasteiger partial charge on any atom is -0.272 e. The van der Waals surface area contributed by atoms with Gasteiger partial charge in [0.2, 0.25) is 0 Å². The summed E-state index contributed by atoms with van der Waals surface area (Å²) >= 11 is 0. The van der Waals surface area contributed by atoms with E-state index in [1.165, 1.54) is 31.8 Å². The quantitative estimate of drug-likeness (QED) is 0.284. The molecule has 0 spiro atoms. The number of rotatable bonds is 13. The average Bonchev–Trinajstić information content (AvgIpc) is 2.47. The zero-order chi connectivity index (χ0) is 15.2. The minimum atomic E-state index is 0.0476. The summed E-state index contributed by atoms with van der Waals surface area (Å²) in [6, 6.07) is 0. The summed E-state index contributed by atoms with van der Waals surface area (Å²) in [5, 5.41) is 4.17. The molecule has 0 saturated heterocycles. The van der Waals surface area contributed by atoms with Crippen LogP contribution in [0, 0.1) is 0 Å². The molecule has 0 radical (unpaired) electrons. The molecule has 0 aromatic rings. The van der Waals surface area contributed by atoms with Crippen LogP contribution in [0.5, 0.6) is 0 Å². The summed E-state index contributed by atoms with van der Waals surface area (Å²) in [6.07, 6.45) is 10.8. The van der Waals surface area contributed by atoms with E-state index in [1.807, 2.05) is 5.01 Å². The first kappa shape index (κ1) is 19.2. The lowest BCUT2D eigenvalue weighted by atomic mass is 10.2. The first-order valence-corrected chi connectivity index (χ1v) is 8.39. The van der Waals surface area contributed by atoms with Crippen molar-refractivity contribution in [1.29, 1.82) is 0 Å². The van der Waals surface area contributed by atoms with Gasteiger partial charge in [-0.1, -0.05) is 59.5 Å². The van der Waals surface area contributed by atoms with Crippen LogP contribution in [-0.2, 0) is 4.79 Å². The third kappa shape index (κ3) is 8.36. The van der Waals surface area contributed by atoms with Crippen molar-refractivity contribution in [1.82, 2.24) is 10.0 Å². The first-order chi connectivity index (χ1) is 9.71. The largest absolute Gasteiger partial charge is 0.272 e. The van der Waals surface area contributed by atoms with Gasteiger partial charge >= 0.3 is 0 Å². The van der Waals surface area contributed by atoms with E-state index in [2.05, 4.69) is 32.4 Å². The summed E-state index contributed by atoms with van der Waals surface area (Å²) in [4.78, 5) is 12.1. The summed E-state index contributed by atoms with van der Waals surface area (Å²) in [6.45, 7) is 13.0. The maximum atomic E-state index is 12.1. The number of hydrogen-bond donors (Lipinski definition) is 0. The molecule has 0 unspecified atom stereocenters. The second kappa shape index (κ2) is 13.2. The molecule has 0 N–H and O–H groups in total. The summed E-state index contributed by atoms with van der Waals surface area (Å²) in [7, 11) is 0. The Balaban J connectivity index is 4.58. The van der Waals surface area contributed by atoms with E-state index < -0.39 is 0 Å². The van der Waals surface area contributed by atoms with Crippen molar-refractivity contribution < 1.29 is 4.79 Å². The molecule has 0 saturated carbocycles. The Morgan fingerprint density at radius 3 is 1.75 bits per heavy atom. The van der Waals surface area contributed by atoms with Crippen molar-refractivity contribution in [2.75, 3.05) is 19.6 Å². The third-order valence-electron chi connectivity index (χ3n) is 3.53. The first-order valence-electron chi connectivity index (χ1n) is 8.39. The highest BCUT2D eigenvalue weighted by Crippen LogP contribution is 2.09. The molecule has 0 aliphatic heterocycles. The van der Waals surface area contributed by atoms with Crippen LogP contribution >= 0.6 is 0 Å². The highest BCUT2D eigenvalue weighted by molar-refractivity contribution is 5.86. The van der Waals surface area contributed by atoms with E-state index in [4.69, 9.17) is 0 Å². The molecule has 0 aromatic heterocycles. The van der Waals surface area contributed by atoms with Crippen molar-refractivity contribution >= 4 is 5.91 Å². The predicted octanol–water partition coefficient (Wildman–Crippen LogP) is 4.40. The van der Waals surface area contributed by atoms with Crippen molar-refractivity contribution in [3.05, 3.63) is 12.7 Å². The van der Waals surface area contributed by atoms with Crippen LogP contribution in [0.15, 0.2) is 12.7 Å². The number of nitrogens with zero attached hydrogens (tertiary/aromatic N) is 2. The minimum absolute atomic E-state index is 0.0476. The second-order valence-corrected chi connectivity index (χ2v) is 5.39. The summed E-state index contributed by atoms with van der Waals surface area (Å²) < 4.78 is 0. The lowest BCUT2D eigenvalue weighted by Crippen LogP contribution is -2.47. The molecule has 3 nitrogen and oxygen atoms in total. The van der Waals surface area contributed by atoms with Gasteiger partial charge in [0, 0.05) is 19.6 Å². The molecule has 0 bridgehead atoms. The van der Waals surface area contributed by atoms with Gasteiger partial charge in [0.15, 0.2) is 0 Å². The molecular weight excluding hydrogens is 248 g/mol. The van der Waals surface area contributed by atoms with Crippen LogP contribution in [0.25, 0.3) is 0 Å². The predicted molar refractivity (Wildman–Crippen MR) is 87.4 cm³/mol. The lowest BCUT2D eigenvalue weighted by Gasteiger charge is -2.34. The van der Waals surface area contributed by atoms with Crippen LogP contribution in [0.1, 0.15) is 72.1 Å². The Hall–Kier alpha value is -0.830. The van der Waals surface area contributed by atoms with Crippen molar-refractivity contribution in [2.45, 2.75) is 72.1 Å². The van der Waals surface area contributed by atoms with Gasteiger partial charge in [-0.15, -0.1) is 0 Å². The molecule has 0 aromatic carbocycles. The zero-order valence-corrected chi connectivity index (χ0v) is 13.9. The highest BCUT2D eigenvalue weighted by atomic mass is 16.2. The van der Waals surface area contributed by atoms with Crippen LogP contribution in [-0.4, -0.2) is 35.6 Å². The van der Waals surface area contributed by atoms with Gasteiger partial charge in [0.05, 0.1) is 0 Å². The van der Waals surface area contributed by atoms with Gasteiger partial charge < -0.3 is 0 Å². The van der Waals surface area contributed by atoms with Gasteiger partial charge in [-0.05, 0) is 25.3 Å². The number of carbonyl (C=O) groups is 1. The molecule has 118 valence electrons. The van der Waals surface area contributed by atoms with E-state index >= 15 is 0 Å². The van der Waals surface area contributed by atoms with Crippen LogP contribution < -0.4 is 0 Å². The van der Waals surface area contributed by atoms with Crippen molar-refractivity contribution in [3.63, 3.8) is 0 Å². The Morgan fingerprint density at radius 2 is 1.35 bits per heavy atom. The molecule has 0 rings (SSSR count). The molecule has 0 aliphatic carbocycles. The molecule has 0 aliphatic rings. The number of hydrogen-bond acceptors (Lipinski definition) is 2. The van der Waals surface area contributed by atoms with Crippen molar-refractivity contribution in [2.24, 2.45) is 0 Å². The molecular formula is C17H34N2O. The molecule has 0 fully saturated rings. The van der Waals surface area contributed by atoms with Gasteiger partial charge in [-0.25, -0.2) is 5.01 Å². The van der Waals surface area contributed by atoms with Gasteiger partial charge in [-0.3, -0.25) is 9.80 Å². The SMILES string of the molecule is C=CC(=O)N(CCCC)N(CCCCC)CCCCC. The Bertz CT molecular complexity index is 243. The molecule has 0 atom stereocenters. The lowest BCUT2D eigenvalue weighted by molar-refractivity contribution is -0.144. The van der Waals surface area contributed by atoms with E-state index in [-0.39, 0.29) is 5.91 Å². The Kier molecular flexibility index (Phi) is 12.6. The maximum Gasteiger partial charge on any atom is 0.260 e. The summed E-state index contributed by atoms with van der Waals surface area (Å²) in [5.41, 5.74) is 0. The fourth-order valence-electron chi connectivity index (χ4n) is 2.25. The standard InChI is InChI=1S/C17H34N2O/c1-5-9-12-14-18(15-13-10-6-2)19(16-11-7-3)17(20)8-4/h8H,4-7,9-16H2,1-3H3. The fourth-order valence-corrected chi connectivity index (χ4v) is 2.25. The smallest absolute Gasteiger partial charge is 0.260 e. The van der Waals surface area contributed by atoms with Crippen molar-refractivity contribution in [3.8, 4) is 0 Å². The molecule has 0 heterocycles. The second-order valence-electron chi connectivity index (χ2n) is 5.39. The van der Waals surface area contributed by atoms with E-state index in [9.17, 15) is 4.79 Å². The van der Waals surface area contributed by atoms with E-state index in [1.54, 1.807) is 0 Å². The number of amides is 1. The third-order valence-corrected chi connectivity index (χ3v) is 3.53. The van der Waals surface area contributed by atoms with E-state index in [0.29, 0.717) is 0 Å². The van der Waals surface area contributed by atoms with Crippen LogP contribution in [0.4, 0.5) is 0 Å². The Labute approximate surface area is 126 Å². The van der Waals surface area contributed by atoms with Crippen LogP contribution in [0.2, 0.25) is 0 Å². The van der Waals surface area contributed by atoms with E-state index in [0.717, 1.165) is 45.3 Å². The topological polar surface area (TPSA) is 23.6 Å². The monoisotopic (exact) mass is 282 g/mol. The molecule has 1 amide bonds. The fraction of sp³-hybridized carbons (Fsp3) is 0.824. The molecule has 3 heteroatoms. The number of carbonyl (C=O) groups excluding carboxylic acids is 1. The van der Waals surface area contributed by atoms with Crippen LogP contribution in [0.3, 0.4) is 0 Å². The average molecular weight is 282 g/mol. The molecule has 20 heavy (non-hydrogen) atoms. The number of hydrazine groups is 1. The summed E-state index contributed by atoms with van der Waals surface area (Å²) in [5.74, 6) is 0.0476. The van der Waals surface area contributed by atoms with Gasteiger partial charge in [-0.2, -0.15) is 0 Å². The zero-order valence-electron chi connectivity index (χ0n) is 13.9. The van der Waals surface area contributed by atoms with Gasteiger partial charge in [0.25, 0.3) is 5.91 Å². The van der Waals surface area contributed by atoms with Gasteiger partial charge in [0.1, 0.15) is 0 Å². The normalized spacial score (nSPS) is 10.8. The maximum absolute atomic E-state index is 12.1. The number of unbranched alkanes of at least 4 members (excludes halogenated alkanes) is 5. The highest BCUT2D eigenvalue weighted by Gasteiger charge is 2.18.